The minimum atomic E-state index is -0.729. The van der Waals surface area contributed by atoms with Crippen LogP contribution in [0.5, 0.6) is 23.0 Å². The van der Waals surface area contributed by atoms with Crippen LogP contribution in [-0.4, -0.2) is 26.2 Å². The second-order valence-electron chi connectivity index (χ2n) is 4.21. The van der Waals surface area contributed by atoms with Crippen molar-refractivity contribution in [2.45, 2.75) is 6.92 Å². The first-order valence-corrected chi connectivity index (χ1v) is 5.49. The minimum absolute atomic E-state index is 0.0399. The Morgan fingerprint density at radius 2 is 1.47 bits per heavy atom. The Balaban J connectivity index is 2.56. The maximum absolute atomic E-state index is 12.2. The molecule has 0 fully saturated rings. The lowest BCUT2D eigenvalue weighted by Gasteiger charge is -2.09. The van der Waals surface area contributed by atoms with Crippen molar-refractivity contribution < 1.29 is 25.2 Å². The molecule has 0 saturated heterocycles. The van der Waals surface area contributed by atoms with E-state index in [0.29, 0.717) is 0 Å². The van der Waals surface area contributed by atoms with Crippen LogP contribution in [0.4, 0.5) is 0 Å². The summed E-state index contributed by atoms with van der Waals surface area (Å²) < 4.78 is 0. The van der Waals surface area contributed by atoms with Gasteiger partial charge in [-0.15, -0.1) is 0 Å². The second kappa shape index (κ2) is 4.53. The third-order valence-corrected chi connectivity index (χ3v) is 2.71. The topological polar surface area (TPSA) is 98.0 Å². The molecule has 0 aliphatic carbocycles. The molecule has 0 aliphatic heterocycles. The number of carbonyl (C=O) groups is 1. The Kier molecular flexibility index (Phi) is 3.04. The van der Waals surface area contributed by atoms with E-state index in [4.69, 9.17) is 0 Å². The number of carbonyl (C=O) groups excluding carboxylic acids is 1. The zero-order valence-electron chi connectivity index (χ0n) is 10.1. The van der Waals surface area contributed by atoms with Crippen LogP contribution in [0.1, 0.15) is 21.5 Å². The molecule has 98 valence electrons. The number of rotatable bonds is 2. The molecule has 2 rings (SSSR count). The van der Waals surface area contributed by atoms with Crippen LogP contribution >= 0.6 is 0 Å². The molecule has 0 bridgehead atoms. The molecule has 2 aromatic rings. The van der Waals surface area contributed by atoms with Crippen molar-refractivity contribution in [3.05, 3.63) is 47.0 Å². The van der Waals surface area contributed by atoms with Crippen LogP contribution in [-0.2, 0) is 0 Å². The first-order chi connectivity index (χ1) is 8.90. The van der Waals surface area contributed by atoms with E-state index in [0.717, 1.165) is 17.7 Å². The molecule has 0 unspecified atom stereocenters. The number of hydrogen-bond acceptors (Lipinski definition) is 5. The summed E-state index contributed by atoms with van der Waals surface area (Å²) >= 11 is 0. The van der Waals surface area contributed by atoms with Gasteiger partial charge in [-0.2, -0.15) is 0 Å². The molecular weight excluding hydrogens is 248 g/mol. The highest BCUT2D eigenvalue weighted by molar-refractivity contribution is 6.14. The van der Waals surface area contributed by atoms with Gasteiger partial charge in [-0.3, -0.25) is 4.79 Å². The van der Waals surface area contributed by atoms with Gasteiger partial charge < -0.3 is 20.4 Å². The molecule has 0 saturated carbocycles. The fraction of sp³-hybridized carbons (Fsp3) is 0.0714. The molecule has 0 heterocycles. The lowest BCUT2D eigenvalue weighted by atomic mass is 9.99. The zero-order chi connectivity index (χ0) is 14.2. The third kappa shape index (κ3) is 2.30. The van der Waals surface area contributed by atoms with Crippen molar-refractivity contribution in [2.24, 2.45) is 0 Å². The summed E-state index contributed by atoms with van der Waals surface area (Å²) in [4.78, 5) is 12.2. The molecule has 0 atom stereocenters. The van der Waals surface area contributed by atoms with Crippen molar-refractivity contribution in [2.75, 3.05) is 0 Å². The average Bonchev–Trinajstić information content (AvgIpc) is 2.26. The summed E-state index contributed by atoms with van der Waals surface area (Å²) in [6.07, 6.45) is 0. The number of phenols is 4. The van der Waals surface area contributed by atoms with Gasteiger partial charge >= 0.3 is 0 Å². The number of aromatic hydroxyl groups is 4. The number of hydrogen-bond donors (Lipinski definition) is 4. The molecule has 2 aromatic carbocycles. The van der Waals surface area contributed by atoms with Crippen LogP contribution in [0.2, 0.25) is 0 Å². The van der Waals surface area contributed by atoms with E-state index in [1.807, 2.05) is 0 Å². The summed E-state index contributed by atoms with van der Waals surface area (Å²) in [5.74, 6) is -2.44. The quantitative estimate of drug-likeness (QED) is 0.619. The number of phenolic OH excluding ortho intramolecular Hbond substituents is 4. The van der Waals surface area contributed by atoms with Crippen molar-refractivity contribution in [1.29, 1.82) is 0 Å². The molecule has 0 aromatic heterocycles. The van der Waals surface area contributed by atoms with Gasteiger partial charge in [0.2, 0.25) is 5.78 Å². The lowest BCUT2D eigenvalue weighted by molar-refractivity contribution is 0.103. The van der Waals surface area contributed by atoms with Crippen molar-refractivity contribution >= 4 is 5.78 Å². The van der Waals surface area contributed by atoms with Gasteiger partial charge in [-0.05, 0) is 24.6 Å². The van der Waals surface area contributed by atoms with E-state index in [2.05, 4.69) is 0 Å². The lowest BCUT2D eigenvalue weighted by Crippen LogP contribution is -2.03. The molecular formula is C14H12O5. The Morgan fingerprint density at radius 1 is 0.895 bits per heavy atom. The zero-order valence-corrected chi connectivity index (χ0v) is 10.1. The van der Waals surface area contributed by atoms with E-state index < -0.39 is 17.3 Å². The molecule has 5 heteroatoms. The smallest absolute Gasteiger partial charge is 0.204 e. The first kappa shape index (κ1) is 12.8. The number of aryl methyl sites for hydroxylation is 1. The molecule has 5 nitrogen and oxygen atoms in total. The van der Waals surface area contributed by atoms with E-state index in [1.54, 1.807) is 13.0 Å². The molecule has 4 N–H and O–H groups in total. The summed E-state index contributed by atoms with van der Waals surface area (Å²) in [5, 5.41) is 38.2. The largest absolute Gasteiger partial charge is 0.508 e. The maximum Gasteiger partial charge on any atom is 0.204 e. The fourth-order valence-electron chi connectivity index (χ4n) is 1.80. The fourth-order valence-corrected chi connectivity index (χ4v) is 1.80. The summed E-state index contributed by atoms with van der Waals surface area (Å²) in [7, 11) is 0. The summed E-state index contributed by atoms with van der Waals surface area (Å²) in [5.41, 5.74) is 0.368. The number of benzene rings is 2. The van der Waals surface area contributed by atoms with Crippen molar-refractivity contribution in [3.8, 4) is 23.0 Å². The second-order valence-corrected chi connectivity index (χ2v) is 4.21. The van der Waals surface area contributed by atoms with Gasteiger partial charge in [0.25, 0.3) is 0 Å². The highest BCUT2D eigenvalue weighted by atomic mass is 16.3. The highest BCUT2D eigenvalue weighted by Gasteiger charge is 2.21. The van der Waals surface area contributed by atoms with Crippen LogP contribution < -0.4 is 0 Å². The maximum atomic E-state index is 12.2. The normalized spacial score (nSPS) is 10.4. The van der Waals surface area contributed by atoms with Crippen molar-refractivity contribution in [1.82, 2.24) is 0 Å². The molecule has 19 heavy (non-hydrogen) atoms. The molecule has 0 aliphatic rings. The van der Waals surface area contributed by atoms with Gasteiger partial charge in [0.05, 0.1) is 5.56 Å². The van der Waals surface area contributed by atoms with Crippen LogP contribution in [0.15, 0.2) is 30.3 Å². The summed E-state index contributed by atoms with van der Waals surface area (Å²) in [6, 6.07) is 6.32. The SMILES string of the molecule is Cc1ccc(C(=O)c2c(O)cc(O)cc2O)c(O)c1. The van der Waals surface area contributed by atoms with E-state index in [1.165, 1.54) is 12.1 Å². The molecule has 0 amide bonds. The van der Waals surface area contributed by atoms with Crippen molar-refractivity contribution in [3.63, 3.8) is 0 Å². The van der Waals surface area contributed by atoms with Crippen LogP contribution in [0, 0.1) is 6.92 Å². The van der Waals surface area contributed by atoms with Gasteiger partial charge in [0, 0.05) is 12.1 Å². The predicted octanol–water partition coefficient (Wildman–Crippen LogP) is 2.05. The predicted molar refractivity (Wildman–Crippen MR) is 67.7 cm³/mol. The summed E-state index contributed by atoms with van der Waals surface area (Å²) in [6.45, 7) is 1.75. The first-order valence-electron chi connectivity index (χ1n) is 5.49. The molecule has 0 radical (unpaired) electrons. The molecule has 0 spiro atoms. The Hall–Kier alpha value is -2.69. The van der Waals surface area contributed by atoms with Crippen LogP contribution in [0.25, 0.3) is 0 Å². The Morgan fingerprint density at radius 3 is 2.00 bits per heavy atom. The number of ketones is 1. The Bertz CT molecular complexity index is 638. The third-order valence-electron chi connectivity index (χ3n) is 2.71. The Labute approximate surface area is 109 Å². The van der Waals surface area contributed by atoms with E-state index in [9.17, 15) is 25.2 Å². The van der Waals surface area contributed by atoms with Gasteiger partial charge in [-0.25, -0.2) is 0 Å². The average molecular weight is 260 g/mol. The van der Waals surface area contributed by atoms with Gasteiger partial charge in [-0.1, -0.05) is 6.07 Å². The standard InChI is InChI=1S/C14H12O5/c1-7-2-3-9(10(16)4-7)14(19)13-11(17)5-8(15)6-12(13)18/h2-6,15-18H,1H3. The monoisotopic (exact) mass is 260 g/mol. The van der Waals surface area contributed by atoms with E-state index in [-0.39, 0.29) is 22.6 Å². The van der Waals surface area contributed by atoms with Gasteiger partial charge in [0.15, 0.2) is 0 Å². The van der Waals surface area contributed by atoms with Crippen LogP contribution in [0.3, 0.4) is 0 Å². The van der Waals surface area contributed by atoms with Gasteiger partial charge in [0.1, 0.15) is 28.6 Å². The highest BCUT2D eigenvalue weighted by Crippen LogP contribution is 2.35. The minimum Gasteiger partial charge on any atom is -0.508 e. The van der Waals surface area contributed by atoms with E-state index >= 15 is 0 Å².